The van der Waals surface area contributed by atoms with Gasteiger partial charge in [0, 0.05) is 6.42 Å². The topological polar surface area (TPSA) is 35.3 Å². The highest BCUT2D eigenvalue weighted by atomic mass is 16.5. The summed E-state index contributed by atoms with van der Waals surface area (Å²) in [5.74, 6) is 0. The van der Waals surface area contributed by atoms with Crippen LogP contribution in [0.1, 0.15) is 18.4 Å². The van der Waals surface area contributed by atoms with Gasteiger partial charge in [0.2, 0.25) is 0 Å². The lowest BCUT2D eigenvalue weighted by Crippen LogP contribution is -2.29. The lowest BCUT2D eigenvalue weighted by Gasteiger charge is -2.19. The number of rotatable bonds is 3. The van der Waals surface area contributed by atoms with Gasteiger partial charge in [-0.3, -0.25) is 0 Å². The summed E-state index contributed by atoms with van der Waals surface area (Å²) >= 11 is 0. The van der Waals surface area contributed by atoms with Gasteiger partial charge in [-0.2, -0.15) is 0 Å². The fourth-order valence-corrected chi connectivity index (χ4v) is 1.70. The number of nitrogens with zero attached hydrogens (tertiary/aromatic N) is 1. The third kappa shape index (κ3) is 3.06. The molecule has 0 saturated carbocycles. The number of hydroxylamine groups is 1. The minimum absolute atomic E-state index is 0.0766. The van der Waals surface area contributed by atoms with Crippen LogP contribution >= 0.6 is 0 Å². The normalized spacial score (nSPS) is 21.1. The Labute approximate surface area is 89.6 Å². The van der Waals surface area contributed by atoms with Gasteiger partial charge < -0.3 is 9.94 Å². The average molecular weight is 205 g/mol. The standard InChI is InChI=1S/C12H15NO2/c14-13-8-4-7-12(9-13)15-10-11-5-2-1-3-6-11/h1-3,5-6,8,12H,4,7,9-10H2/t12-/m0/s1. The van der Waals surface area contributed by atoms with Crippen molar-refractivity contribution in [3.05, 3.63) is 41.1 Å². The molecule has 0 radical (unpaired) electrons. The van der Waals surface area contributed by atoms with Crippen LogP contribution in [0.25, 0.3) is 0 Å². The lowest BCUT2D eigenvalue weighted by molar-refractivity contribution is -0.472. The van der Waals surface area contributed by atoms with E-state index in [1.54, 1.807) is 6.21 Å². The first kappa shape index (κ1) is 10.2. The molecule has 0 amide bonds. The van der Waals surface area contributed by atoms with Crippen LogP contribution in [0.4, 0.5) is 0 Å². The van der Waals surface area contributed by atoms with Crippen molar-refractivity contribution < 1.29 is 9.48 Å². The Morgan fingerprint density at radius 3 is 2.87 bits per heavy atom. The van der Waals surface area contributed by atoms with Crippen molar-refractivity contribution in [2.45, 2.75) is 25.6 Å². The summed E-state index contributed by atoms with van der Waals surface area (Å²) in [5.41, 5.74) is 1.16. The molecule has 0 unspecified atom stereocenters. The Morgan fingerprint density at radius 1 is 1.33 bits per heavy atom. The van der Waals surface area contributed by atoms with E-state index in [-0.39, 0.29) is 6.10 Å². The fraction of sp³-hybridized carbons (Fsp3) is 0.417. The molecule has 80 valence electrons. The first-order valence-electron chi connectivity index (χ1n) is 5.27. The lowest BCUT2D eigenvalue weighted by atomic mass is 10.1. The first-order valence-corrected chi connectivity index (χ1v) is 5.27. The Balaban J connectivity index is 1.81. The third-order valence-corrected chi connectivity index (χ3v) is 2.53. The summed E-state index contributed by atoms with van der Waals surface area (Å²) in [6.07, 6.45) is 3.53. The summed E-state index contributed by atoms with van der Waals surface area (Å²) < 4.78 is 6.65. The molecule has 1 heterocycles. The van der Waals surface area contributed by atoms with E-state index in [0.29, 0.717) is 13.2 Å². The van der Waals surface area contributed by atoms with Gasteiger partial charge >= 0.3 is 0 Å². The molecule has 2 rings (SSSR count). The highest BCUT2D eigenvalue weighted by Crippen LogP contribution is 2.10. The number of hydrogen-bond acceptors (Lipinski definition) is 2. The van der Waals surface area contributed by atoms with Crippen LogP contribution in [-0.2, 0) is 11.3 Å². The molecule has 0 saturated heterocycles. The highest BCUT2D eigenvalue weighted by molar-refractivity contribution is 5.51. The largest absolute Gasteiger partial charge is 0.624 e. The van der Waals surface area contributed by atoms with Crippen LogP contribution in [0, 0.1) is 5.21 Å². The SMILES string of the molecule is [O-][N+]1=CCC[C@H](OCc2ccccc2)C1. The van der Waals surface area contributed by atoms with Crippen LogP contribution in [-0.4, -0.2) is 23.6 Å². The van der Waals surface area contributed by atoms with Crippen molar-refractivity contribution >= 4 is 6.21 Å². The molecule has 0 bridgehead atoms. The molecule has 3 nitrogen and oxygen atoms in total. The predicted molar refractivity (Wildman–Crippen MR) is 58.8 cm³/mol. The maximum Gasteiger partial charge on any atom is 0.179 e. The summed E-state index contributed by atoms with van der Waals surface area (Å²) in [4.78, 5) is 0. The van der Waals surface area contributed by atoms with Gasteiger partial charge in [0.25, 0.3) is 0 Å². The molecule has 0 spiro atoms. The van der Waals surface area contributed by atoms with E-state index in [0.717, 1.165) is 23.1 Å². The van der Waals surface area contributed by atoms with Crippen LogP contribution in [0.15, 0.2) is 30.3 Å². The quantitative estimate of drug-likeness (QED) is 0.558. The number of benzene rings is 1. The summed E-state index contributed by atoms with van der Waals surface area (Å²) in [7, 11) is 0. The molecule has 1 aliphatic heterocycles. The summed E-state index contributed by atoms with van der Waals surface area (Å²) in [6, 6.07) is 10.0. The van der Waals surface area contributed by atoms with E-state index in [9.17, 15) is 5.21 Å². The van der Waals surface area contributed by atoms with Crippen molar-refractivity contribution in [2.24, 2.45) is 0 Å². The highest BCUT2D eigenvalue weighted by Gasteiger charge is 2.17. The van der Waals surface area contributed by atoms with Crippen LogP contribution in [0.3, 0.4) is 0 Å². The molecule has 1 aromatic rings. The molecule has 0 aromatic heterocycles. The predicted octanol–water partition coefficient (Wildman–Crippen LogP) is 1.95. The molecule has 1 atom stereocenters. The van der Waals surface area contributed by atoms with Gasteiger partial charge in [0.05, 0.1) is 6.61 Å². The van der Waals surface area contributed by atoms with E-state index < -0.39 is 0 Å². The van der Waals surface area contributed by atoms with Gasteiger partial charge in [-0.25, -0.2) is 4.74 Å². The minimum Gasteiger partial charge on any atom is -0.624 e. The third-order valence-electron chi connectivity index (χ3n) is 2.53. The molecule has 0 fully saturated rings. The second-order valence-corrected chi connectivity index (χ2v) is 3.78. The molecule has 1 aromatic carbocycles. The molecule has 0 aliphatic carbocycles. The molecule has 3 heteroatoms. The minimum atomic E-state index is 0.0766. The molecular formula is C12H15NO2. The van der Waals surface area contributed by atoms with Crippen molar-refractivity contribution in [2.75, 3.05) is 6.54 Å². The first-order chi connectivity index (χ1) is 7.34. The number of hydrogen-bond donors (Lipinski definition) is 0. The zero-order valence-corrected chi connectivity index (χ0v) is 8.63. The Kier molecular flexibility index (Phi) is 3.35. The maximum absolute atomic E-state index is 11.1. The van der Waals surface area contributed by atoms with Crippen molar-refractivity contribution in [3.8, 4) is 0 Å². The second kappa shape index (κ2) is 4.94. The van der Waals surface area contributed by atoms with Crippen LogP contribution in [0.5, 0.6) is 0 Å². The Hall–Kier alpha value is -1.35. The van der Waals surface area contributed by atoms with E-state index in [1.807, 2.05) is 30.3 Å². The monoisotopic (exact) mass is 205 g/mol. The molecular weight excluding hydrogens is 190 g/mol. The smallest absolute Gasteiger partial charge is 0.179 e. The molecule has 15 heavy (non-hydrogen) atoms. The average Bonchev–Trinajstić information content (AvgIpc) is 2.28. The fourth-order valence-electron chi connectivity index (χ4n) is 1.70. The Morgan fingerprint density at radius 2 is 2.13 bits per heavy atom. The van der Waals surface area contributed by atoms with Crippen molar-refractivity contribution in [1.29, 1.82) is 0 Å². The number of ether oxygens (including phenoxy) is 1. The molecule has 1 aliphatic rings. The van der Waals surface area contributed by atoms with E-state index in [2.05, 4.69) is 0 Å². The van der Waals surface area contributed by atoms with E-state index >= 15 is 0 Å². The van der Waals surface area contributed by atoms with Gasteiger partial charge in [0.1, 0.15) is 6.10 Å². The van der Waals surface area contributed by atoms with E-state index in [4.69, 9.17) is 4.74 Å². The van der Waals surface area contributed by atoms with Gasteiger partial charge in [0.15, 0.2) is 12.8 Å². The maximum atomic E-state index is 11.1. The van der Waals surface area contributed by atoms with Gasteiger partial charge in [-0.05, 0) is 12.0 Å². The zero-order valence-electron chi connectivity index (χ0n) is 8.63. The molecule has 0 N–H and O–H groups in total. The van der Waals surface area contributed by atoms with Crippen LogP contribution < -0.4 is 0 Å². The summed E-state index contributed by atoms with van der Waals surface area (Å²) in [5, 5.41) is 11.1. The Bertz CT molecular complexity index is 335. The zero-order chi connectivity index (χ0) is 10.5. The van der Waals surface area contributed by atoms with Gasteiger partial charge in [-0.1, -0.05) is 30.3 Å². The van der Waals surface area contributed by atoms with Crippen molar-refractivity contribution in [1.82, 2.24) is 0 Å². The second-order valence-electron chi connectivity index (χ2n) is 3.78. The summed E-state index contributed by atoms with van der Waals surface area (Å²) in [6.45, 7) is 1.06. The van der Waals surface area contributed by atoms with Crippen LogP contribution in [0.2, 0.25) is 0 Å². The van der Waals surface area contributed by atoms with Crippen molar-refractivity contribution in [3.63, 3.8) is 0 Å². The van der Waals surface area contributed by atoms with Gasteiger partial charge in [-0.15, -0.1) is 0 Å². The van der Waals surface area contributed by atoms with E-state index in [1.165, 1.54) is 0 Å².